The van der Waals surface area contributed by atoms with Crippen molar-refractivity contribution >= 4 is 34.2 Å². The molecule has 1 heterocycles. The van der Waals surface area contributed by atoms with Gasteiger partial charge in [0.25, 0.3) is 0 Å². The first kappa shape index (κ1) is 22.9. The Hall–Kier alpha value is -4.28. The van der Waals surface area contributed by atoms with Crippen molar-refractivity contribution < 1.29 is 14.3 Å². The standard InChI is InChI=1S/C26H21ClN4O3/c1-2-29-26(32)31-22-9-8-19(13-21(22)27)34-24-10-11-30-23-14-25(18(15-28)12-20(23)24)33-16-17-6-4-3-5-7-17/h3-14H,2,16H2,1H3,(H2,29,31,32). The monoisotopic (exact) mass is 472 g/mol. The average Bonchev–Trinajstić information content (AvgIpc) is 2.85. The van der Waals surface area contributed by atoms with E-state index in [0.29, 0.717) is 57.6 Å². The second-order valence-electron chi connectivity index (χ2n) is 7.29. The number of nitrogens with zero attached hydrogens (tertiary/aromatic N) is 2. The molecule has 4 aromatic rings. The summed E-state index contributed by atoms with van der Waals surface area (Å²) in [4.78, 5) is 16.2. The number of pyridine rings is 1. The van der Waals surface area contributed by atoms with Crippen molar-refractivity contribution in [2.45, 2.75) is 13.5 Å². The summed E-state index contributed by atoms with van der Waals surface area (Å²) in [6.45, 7) is 2.67. The van der Waals surface area contributed by atoms with E-state index in [2.05, 4.69) is 21.7 Å². The van der Waals surface area contributed by atoms with Crippen LogP contribution in [0, 0.1) is 11.3 Å². The number of aromatic nitrogens is 1. The lowest BCUT2D eigenvalue weighted by atomic mass is 10.1. The molecule has 7 nitrogen and oxygen atoms in total. The number of hydrogen-bond acceptors (Lipinski definition) is 5. The van der Waals surface area contributed by atoms with Crippen molar-refractivity contribution in [3.63, 3.8) is 0 Å². The van der Waals surface area contributed by atoms with Gasteiger partial charge >= 0.3 is 6.03 Å². The molecule has 0 aliphatic rings. The molecule has 8 heteroatoms. The van der Waals surface area contributed by atoms with E-state index < -0.39 is 0 Å². The van der Waals surface area contributed by atoms with E-state index in [4.69, 9.17) is 21.1 Å². The highest BCUT2D eigenvalue weighted by Crippen LogP contribution is 2.35. The Morgan fingerprint density at radius 1 is 1.09 bits per heavy atom. The summed E-state index contributed by atoms with van der Waals surface area (Å²) in [7, 11) is 0. The second kappa shape index (κ2) is 10.6. The number of rotatable bonds is 7. The quantitative estimate of drug-likeness (QED) is 0.330. The summed E-state index contributed by atoms with van der Waals surface area (Å²) in [6, 6.07) is 21.7. The Labute approximate surface area is 201 Å². The van der Waals surface area contributed by atoms with Crippen molar-refractivity contribution in [1.29, 1.82) is 5.26 Å². The van der Waals surface area contributed by atoms with Gasteiger partial charge in [-0.3, -0.25) is 4.98 Å². The van der Waals surface area contributed by atoms with Crippen LogP contribution in [0.1, 0.15) is 18.1 Å². The molecule has 2 N–H and O–H groups in total. The minimum absolute atomic E-state index is 0.330. The predicted molar refractivity (Wildman–Crippen MR) is 131 cm³/mol. The Bertz CT molecular complexity index is 1370. The second-order valence-corrected chi connectivity index (χ2v) is 7.70. The summed E-state index contributed by atoms with van der Waals surface area (Å²) in [5, 5.41) is 16.0. The highest BCUT2D eigenvalue weighted by Gasteiger charge is 2.13. The topological polar surface area (TPSA) is 96.3 Å². The average molecular weight is 473 g/mol. The first-order valence-corrected chi connectivity index (χ1v) is 11.0. The van der Waals surface area contributed by atoms with Crippen molar-refractivity contribution in [1.82, 2.24) is 10.3 Å². The number of fused-ring (bicyclic) bond motifs is 1. The third-order valence-corrected chi connectivity index (χ3v) is 5.23. The van der Waals surface area contributed by atoms with Gasteiger partial charge in [0.05, 0.1) is 21.8 Å². The molecule has 0 unspecified atom stereocenters. The summed E-state index contributed by atoms with van der Waals surface area (Å²) < 4.78 is 11.9. The molecule has 0 atom stereocenters. The lowest BCUT2D eigenvalue weighted by molar-refractivity contribution is 0.252. The van der Waals surface area contributed by atoms with Crippen molar-refractivity contribution in [2.75, 3.05) is 11.9 Å². The zero-order valence-electron chi connectivity index (χ0n) is 18.3. The minimum Gasteiger partial charge on any atom is -0.487 e. The first-order valence-electron chi connectivity index (χ1n) is 10.6. The molecule has 0 saturated carbocycles. The van der Waals surface area contributed by atoms with Gasteiger partial charge in [-0.2, -0.15) is 5.26 Å². The fourth-order valence-electron chi connectivity index (χ4n) is 3.29. The van der Waals surface area contributed by atoms with Crippen LogP contribution in [0.3, 0.4) is 0 Å². The van der Waals surface area contributed by atoms with Crippen LogP contribution in [0.15, 0.2) is 72.9 Å². The van der Waals surface area contributed by atoms with Gasteiger partial charge in [0.15, 0.2) is 0 Å². The highest BCUT2D eigenvalue weighted by atomic mass is 35.5. The molecular formula is C26H21ClN4O3. The van der Waals surface area contributed by atoms with E-state index >= 15 is 0 Å². The number of amides is 2. The van der Waals surface area contributed by atoms with Crippen LogP contribution in [-0.2, 0) is 6.61 Å². The van der Waals surface area contributed by atoms with E-state index in [1.165, 1.54) is 0 Å². The molecule has 2 amide bonds. The molecule has 1 aromatic heterocycles. The molecule has 0 bridgehead atoms. The highest BCUT2D eigenvalue weighted by molar-refractivity contribution is 6.33. The number of carbonyl (C=O) groups is 1. The molecule has 170 valence electrons. The summed E-state index contributed by atoms with van der Waals surface area (Å²) in [5.74, 6) is 1.44. The van der Waals surface area contributed by atoms with Crippen molar-refractivity contribution in [3.05, 3.63) is 89.1 Å². The van der Waals surface area contributed by atoms with E-state index in [0.717, 1.165) is 5.56 Å². The molecule has 34 heavy (non-hydrogen) atoms. The zero-order chi connectivity index (χ0) is 23.9. The van der Waals surface area contributed by atoms with Gasteiger partial charge in [-0.05, 0) is 36.8 Å². The van der Waals surface area contributed by atoms with Gasteiger partial charge in [-0.1, -0.05) is 41.9 Å². The van der Waals surface area contributed by atoms with Gasteiger partial charge in [0.2, 0.25) is 0 Å². The summed E-state index contributed by atoms with van der Waals surface area (Å²) >= 11 is 6.32. The Balaban J connectivity index is 1.58. The van der Waals surface area contributed by atoms with Crippen LogP contribution in [0.5, 0.6) is 17.2 Å². The van der Waals surface area contributed by atoms with E-state index in [1.807, 2.05) is 37.3 Å². The number of nitriles is 1. The Kier molecular flexibility index (Phi) is 7.11. The van der Waals surface area contributed by atoms with Gasteiger partial charge < -0.3 is 20.1 Å². The Morgan fingerprint density at radius 3 is 2.65 bits per heavy atom. The maximum Gasteiger partial charge on any atom is 0.319 e. The molecule has 0 fully saturated rings. The molecule has 0 radical (unpaired) electrons. The van der Waals surface area contributed by atoms with Gasteiger partial charge in [0, 0.05) is 30.3 Å². The number of nitrogens with one attached hydrogen (secondary N) is 2. The number of anilines is 1. The number of hydrogen-bond donors (Lipinski definition) is 2. The van der Waals surface area contributed by atoms with E-state index in [1.54, 1.807) is 42.6 Å². The van der Waals surface area contributed by atoms with Crippen LogP contribution in [0.2, 0.25) is 5.02 Å². The third kappa shape index (κ3) is 5.37. The van der Waals surface area contributed by atoms with Crippen LogP contribution in [0.25, 0.3) is 10.9 Å². The minimum atomic E-state index is -0.340. The number of urea groups is 1. The lowest BCUT2D eigenvalue weighted by Crippen LogP contribution is -2.28. The van der Waals surface area contributed by atoms with Crippen LogP contribution in [0.4, 0.5) is 10.5 Å². The van der Waals surface area contributed by atoms with Crippen LogP contribution < -0.4 is 20.1 Å². The van der Waals surface area contributed by atoms with E-state index in [-0.39, 0.29) is 6.03 Å². The number of ether oxygens (including phenoxy) is 2. The maximum atomic E-state index is 11.7. The van der Waals surface area contributed by atoms with E-state index in [9.17, 15) is 10.1 Å². The van der Waals surface area contributed by atoms with Gasteiger partial charge in [-0.15, -0.1) is 0 Å². The number of benzene rings is 3. The third-order valence-electron chi connectivity index (χ3n) is 4.91. The van der Waals surface area contributed by atoms with Crippen molar-refractivity contribution in [2.24, 2.45) is 0 Å². The maximum absolute atomic E-state index is 11.7. The lowest BCUT2D eigenvalue weighted by Gasteiger charge is -2.13. The molecule has 0 aliphatic carbocycles. The Morgan fingerprint density at radius 2 is 1.91 bits per heavy atom. The van der Waals surface area contributed by atoms with Gasteiger partial charge in [-0.25, -0.2) is 4.79 Å². The molecule has 0 spiro atoms. The molecule has 3 aromatic carbocycles. The van der Waals surface area contributed by atoms with Crippen LogP contribution in [-0.4, -0.2) is 17.6 Å². The first-order chi connectivity index (χ1) is 16.6. The normalized spacial score (nSPS) is 10.4. The SMILES string of the molecule is CCNC(=O)Nc1ccc(Oc2ccnc3cc(OCc4ccccc4)c(C#N)cc23)cc1Cl. The van der Waals surface area contributed by atoms with Crippen molar-refractivity contribution in [3.8, 4) is 23.3 Å². The summed E-state index contributed by atoms with van der Waals surface area (Å²) in [5.41, 5.74) is 2.46. The number of carbonyl (C=O) groups excluding carboxylic acids is 1. The fourth-order valence-corrected chi connectivity index (χ4v) is 3.51. The smallest absolute Gasteiger partial charge is 0.319 e. The largest absolute Gasteiger partial charge is 0.487 e. The molecule has 0 aliphatic heterocycles. The predicted octanol–water partition coefficient (Wildman–Crippen LogP) is 6.27. The molecule has 4 rings (SSSR count). The molecule has 0 saturated heterocycles. The van der Waals surface area contributed by atoms with Crippen LogP contribution >= 0.6 is 11.6 Å². The van der Waals surface area contributed by atoms with Gasteiger partial charge in [0.1, 0.15) is 29.9 Å². The molecular weight excluding hydrogens is 452 g/mol. The zero-order valence-corrected chi connectivity index (χ0v) is 19.1. The fraction of sp³-hybridized carbons (Fsp3) is 0.115. The summed E-state index contributed by atoms with van der Waals surface area (Å²) in [6.07, 6.45) is 1.62. The number of halogens is 1.